The number of halogens is 1. The largest absolute Gasteiger partial charge is 0.383 e. The summed E-state index contributed by atoms with van der Waals surface area (Å²) in [4.78, 5) is 27.1. The minimum atomic E-state index is -0.429. The first-order chi connectivity index (χ1) is 13.3. The quantitative estimate of drug-likeness (QED) is 0.604. The third kappa shape index (κ3) is 4.07. The lowest BCUT2D eigenvalue weighted by Crippen LogP contribution is -2.42. The van der Waals surface area contributed by atoms with E-state index in [-0.39, 0.29) is 11.4 Å². The highest BCUT2D eigenvalue weighted by molar-refractivity contribution is 9.10. The van der Waals surface area contributed by atoms with Crippen LogP contribution >= 0.6 is 15.9 Å². The second kappa shape index (κ2) is 8.36. The highest BCUT2D eigenvalue weighted by atomic mass is 79.9. The maximum atomic E-state index is 12.9. The van der Waals surface area contributed by atoms with Crippen molar-refractivity contribution < 1.29 is 0 Å². The van der Waals surface area contributed by atoms with Crippen LogP contribution < -0.4 is 27.2 Å². The maximum absolute atomic E-state index is 12.9. The Morgan fingerprint density at radius 3 is 2.68 bits per heavy atom. The highest BCUT2D eigenvalue weighted by Gasteiger charge is 2.33. The van der Waals surface area contributed by atoms with E-state index in [0.29, 0.717) is 18.2 Å². The predicted molar refractivity (Wildman–Crippen MR) is 116 cm³/mol. The molecule has 1 aliphatic rings. The van der Waals surface area contributed by atoms with E-state index >= 15 is 0 Å². The minimum Gasteiger partial charge on any atom is -0.383 e. The Kier molecular flexibility index (Phi) is 6.10. The standard InChI is InChI=1S/C20H26BrN5O2/c1-4-23-9-8-14-11-16(14)26(12-13-6-5-7-15(21)10-13)17-18(22)24(2)20(28)25(3)19(17)27/h5-7,10-11,14,23H,4,8-9,12,22H2,1-3H3. The van der Waals surface area contributed by atoms with Gasteiger partial charge in [0.2, 0.25) is 0 Å². The monoisotopic (exact) mass is 447 g/mol. The summed E-state index contributed by atoms with van der Waals surface area (Å²) in [6.07, 6.45) is 3.11. The summed E-state index contributed by atoms with van der Waals surface area (Å²) in [5.74, 6) is 0.480. The smallest absolute Gasteiger partial charge is 0.332 e. The van der Waals surface area contributed by atoms with E-state index in [2.05, 4.69) is 34.2 Å². The number of nitrogens with zero attached hydrogens (tertiary/aromatic N) is 3. The van der Waals surface area contributed by atoms with Crippen molar-refractivity contribution in [2.75, 3.05) is 23.7 Å². The minimum absolute atomic E-state index is 0.182. The SMILES string of the molecule is CCNCCC1C=C1N(Cc1cccc(Br)c1)c1c(N)n(C)c(=O)n(C)c1=O. The Hall–Kier alpha value is -2.32. The van der Waals surface area contributed by atoms with Crippen LogP contribution in [-0.4, -0.2) is 22.2 Å². The molecule has 1 heterocycles. The van der Waals surface area contributed by atoms with E-state index in [0.717, 1.165) is 39.8 Å². The van der Waals surface area contributed by atoms with Gasteiger partial charge in [-0.2, -0.15) is 0 Å². The normalized spacial score (nSPS) is 15.4. The molecule has 0 spiro atoms. The van der Waals surface area contributed by atoms with E-state index in [1.54, 1.807) is 7.05 Å². The number of benzene rings is 1. The first-order valence-electron chi connectivity index (χ1n) is 9.35. The van der Waals surface area contributed by atoms with Gasteiger partial charge in [0.1, 0.15) is 11.5 Å². The van der Waals surface area contributed by atoms with Gasteiger partial charge in [-0.1, -0.05) is 41.1 Å². The van der Waals surface area contributed by atoms with E-state index in [1.165, 1.54) is 11.6 Å². The Labute approximate surface area is 172 Å². The van der Waals surface area contributed by atoms with Crippen molar-refractivity contribution >= 4 is 27.4 Å². The van der Waals surface area contributed by atoms with Crippen LogP contribution in [0.4, 0.5) is 11.5 Å². The molecular formula is C20H26BrN5O2. The summed E-state index contributed by atoms with van der Waals surface area (Å²) in [7, 11) is 3.07. The van der Waals surface area contributed by atoms with Crippen LogP contribution in [0.3, 0.4) is 0 Å². The molecule has 3 rings (SSSR count). The van der Waals surface area contributed by atoms with Crippen molar-refractivity contribution in [3.63, 3.8) is 0 Å². The number of rotatable bonds is 8. The Morgan fingerprint density at radius 1 is 1.25 bits per heavy atom. The molecule has 1 unspecified atom stereocenters. The van der Waals surface area contributed by atoms with Crippen LogP contribution in [0.25, 0.3) is 0 Å². The Bertz CT molecular complexity index is 1020. The van der Waals surface area contributed by atoms with Crippen LogP contribution in [0, 0.1) is 5.92 Å². The summed E-state index contributed by atoms with van der Waals surface area (Å²) in [6.45, 7) is 4.42. The third-order valence-corrected chi connectivity index (χ3v) is 5.51. The van der Waals surface area contributed by atoms with Gasteiger partial charge in [0.15, 0.2) is 0 Å². The van der Waals surface area contributed by atoms with Gasteiger partial charge in [-0.3, -0.25) is 13.9 Å². The fourth-order valence-corrected chi connectivity index (χ4v) is 3.77. The number of aromatic nitrogens is 2. The van der Waals surface area contributed by atoms with Gasteiger partial charge < -0.3 is 16.0 Å². The number of anilines is 2. The Morgan fingerprint density at radius 2 is 2.00 bits per heavy atom. The topological polar surface area (TPSA) is 85.3 Å². The summed E-state index contributed by atoms with van der Waals surface area (Å²) < 4.78 is 3.40. The molecule has 7 nitrogen and oxygen atoms in total. The van der Waals surface area contributed by atoms with Gasteiger partial charge in [-0.15, -0.1) is 0 Å². The molecule has 0 aliphatic heterocycles. The van der Waals surface area contributed by atoms with Crippen molar-refractivity contribution in [3.8, 4) is 0 Å². The Balaban J connectivity index is 2.00. The average molecular weight is 448 g/mol. The molecule has 0 saturated heterocycles. The molecule has 1 aromatic carbocycles. The molecular weight excluding hydrogens is 422 g/mol. The molecule has 3 N–H and O–H groups in total. The molecule has 8 heteroatoms. The second-order valence-electron chi connectivity index (χ2n) is 7.00. The van der Waals surface area contributed by atoms with Crippen LogP contribution in [0.5, 0.6) is 0 Å². The van der Waals surface area contributed by atoms with Crippen molar-refractivity contribution in [3.05, 3.63) is 66.9 Å². The number of hydrogen-bond acceptors (Lipinski definition) is 5. The summed E-state index contributed by atoms with van der Waals surface area (Å²) >= 11 is 3.50. The first kappa shape index (κ1) is 20.4. The van der Waals surface area contributed by atoms with Crippen LogP contribution in [0.1, 0.15) is 18.9 Å². The molecule has 0 amide bonds. The lowest BCUT2D eigenvalue weighted by atomic mass is 10.2. The number of nitrogens with two attached hydrogens (primary N) is 1. The number of hydrogen-bond donors (Lipinski definition) is 2. The van der Waals surface area contributed by atoms with Crippen molar-refractivity contribution in [2.45, 2.75) is 19.9 Å². The van der Waals surface area contributed by atoms with Crippen molar-refractivity contribution in [1.82, 2.24) is 14.5 Å². The van der Waals surface area contributed by atoms with Crippen LogP contribution in [0.15, 0.2) is 50.1 Å². The van der Waals surface area contributed by atoms with Gasteiger partial charge in [0, 0.05) is 36.7 Å². The van der Waals surface area contributed by atoms with Gasteiger partial charge in [0.05, 0.1) is 0 Å². The van der Waals surface area contributed by atoms with Gasteiger partial charge in [-0.05, 0) is 37.2 Å². The highest BCUT2D eigenvalue weighted by Crippen LogP contribution is 2.39. The zero-order chi connectivity index (χ0) is 20.4. The van der Waals surface area contributed by atoms with Crippen LogP contribution in [-0.2, 0) is 20.6 Å². The zero-order valence-corrected chi connectivity index (χ0v) is 18.0. The van der Waals surface area contributed by atoms with Gasteiger partial charge in [-0.25, -0.2) is 4.79 Å². The summed E-state index contributed by atoms with van der Waals surface area (Å²) in [6, 6.07) is 7.95. The maximum Gasteiger partial charge on any atom is 0.332 e. The molecule has 1 aromatic heterocycles. The van der Waals surface area contributed by atoms with Crippen molar-refractivity contribution in [2.24, 2.45) is 20.0 Å². The second-order valence-corrected chi connectivity index (χ2v) is 7.91. The number of nitrogens with one attached hydrogen (secondary N) is 1. The van der Waals surface area contributed by atoms with E-state index in [1.807, 2.05) is 29.2 Å². The lowest BCUT2D eigenvalue weighted by Gasteiger charge is -2.25. The van der Waals surface area contributed by atoms with E-state index in [4.69, 9.17) is 5.73 Å². The molecule has 28 heavy (non-hydrogen) atoms. The molecule has 150 valence electrons. The fraction of sp³-hybridized carbons (Fsp3) is 0.400. The third-order valence-electron chi connectivity index (χ3n) is 5.02. The lowest BCUT2D eigenvalue weighted by molar-refractivity contribution is 0.634. The predicted octanol–water partition coefficient (Wildman–Crippen LogP) is 1.95. The fourth-order valence-electron chi connectivity index (χ4n) is 3.33. The molecule has 0 fully saturated rings. The molecule has 0 radical (unpaired) electrons. The average Bonchev–Trinajstić information content (AvgIpc) is 3.44. The van der Waals surface area contributed by atoms with Gasteiger partial charge >= 0.3 is 5.69 Å². The van der Waals surface area contributed by atoms with Crippen LogP contribution in [0.2, 0.25) is 0 Å². The first-order valence-corrected chi connectivity index (χ1v) is 10.1. The molecule has 0 saturated carbocycles. The number of nitrogen functional groups attached to an aromatic ring is 1. The molecule has 0 bridgehead atoms. The zero-order valence-electron chi connectivity index (χ0n) is 16.4. The summed E-state index contributed by atoms with van der Waals surface area (Å²) in [5, 5.41) is 3.33. The molecule has 1 atom stereocenters. The van der Waals surface area contributed by atoms with Gasteiger partial charge in [0.25, 0.3) is 5.56 Å². The van der Waals surface area contributed by atoms with E-state index < -0.39 is 5.69 Å². The van der Waals surface area contributed by atoms with Crippen molar-refractivity contribution in [1.29, 1.82) is 0 Å². The molecule has 1 aliphatic carbocycles. The molecule has 2 aromatic rings. The number of allylic oxidation sites excluding steroid dienone is 2. The van der Waals surface area contributed by atoms with E-state index in [9.17, 15) is 9.59 Å². The summed E-state index contributed by atoms with van der Waals surface area (Å²) in [5.41, 5.74) is 7.88.